The summed E-state index contributed by atoms with van der Waals surface area (Å²) in [5.41, 5.74) is 15.3. The first-order valence-electron chi connectivity index (χ1n) is 20.5. The molecule has 7 aromatic carbocycles. The van der Waals surface area contributed by atoms with E-state index in [1.165, 1.54) is 82.7 Å². The number of amidine groups is 1. The summed E-state index contributed by atoms with van der Waals surface area (Å²) in [6, 6.07) is 62.6. The van der Waals surface area contributed by atoms with Crippen molar-refractivity contribution in [3.63, 3.8) is 0 Å². The average molecular weight is 744 g/mol. The number of para-hydroxylation sites is 1. The Kier molecular flexibility index (Phi) is 7.02. The lowest BCUT2D eigenvalue weighted by atomic mass is 9.66. The molecule has 1 unspecified atom stereocenters. The summed E-state index contributed by atoms with van der Waals surface area (Å²) in [7, 11) is 0. The van der Waals surface area contributed by atoms with Crippen molar-refractivity contribution in [1.82, 2.24) is 9.88 Å². The molecule has 0 radical (unpaired) electrons. The lowest BCUT2D eigenvalue weighted by molar-refractivity contribution is 0.584. The lowest BCUT2D eigenvalue weighted by Gasteiger charge is -2.35. The number of hydrogen-bond donors (Lipinski definition) is 1. The van der Waals surface area contributed by atoms with Crippen molar-refractivity contribution in [2.75, 3.05) is 0 Å². The van der Waals surface area contributed by atoms with Gasteiger partial charge in [0.15, 0.2) is 0 Å². The molecule has 3 aliphatic carbocycles. The molecule has 3 nitrogen and oxygen atoms in total. The third-order valence-corrected chi connectivity index (χ3v) is 13.3. The lowest BCUT2D eigenvalue weighted by Crippen LogP contribution is -2.38. The van der Waals surface area contributed by atoms with Crippen LogP contribution in [0.2, 0.25) is 0 Å². The Bertz CT molecular complexity index is 3150. The number of aromatic nitrogens is 1. The SMILES string of the molecule is CC1(C)C2=C(c3ccccc31)C(n1c3ccccc3c3cc4ccccc4cc31)NC(C1=CCC=CC3=C1c1ccccc1C3(c1ccccc1)c1ccccc1)=N2. The fourth-order valence-electron chi connectivity index (χ4n) is 10.8. The van der Waals surface area contributed by atoms with Gasteiger partial charge in [-0.1, -0.05) is 184 Å². The number of nitrogens with zero attached hydrogens (tertiary/aromatic N) is 2. The van der Waals surface area contributed by atoms with E-state index < -0.39 is 5.41 Å². The van der Waals surface area contributed by atoms with Gasteiger partial charge < -0.3 is 9.88 Å². The van der Waals surface area contributed by atoms with Crippen molar-refractivity contribution >= 4 is 49.6 Å². The molecule has 12 rings (SSSR count). The normalized spacial score (nSPS) is 18.7. The summed E-state index contributed by atoms with van der Waals surface area (Å²) in [4.78, 5) is 5.82. The Labute approximate surface area is 338 Å². The molecule has 0 saturated heterocycles. The van der Waals surface area contributed by atoms with E-state index in [1.54, 1.807) is 0 Å². The number of hydrogen-bond acceptors (Lipinski definition) is 2. The van der Waals surface area contributed by atoms with Gasteiger partial charge >= 0.3 is 0 Å². The van der Waals surface area contributed by atoms with Crippen molar-refractivity contribution in [3.8, 4) is 0 Å². The molecule has 4 aliphatic rings. The molecule has 58 heavy (non-hydrogen) atoms. The van der Waals surface area contributed by atoms with E-state index in [0.29, 0.717) is 0 Å². The summed E-state index contributed by atoms with van der Waals surface area (Å²) < 4.78 is 2.56. The van der Waals surface area contributed by atoms with Crippen molar-refractivity contribution < 1.29 is 0 Å². The quantitative estimate of drug-likeness (QED) is 0.191. The minimum atomic E-state index is -0.510. The van der Waals surface area contributed by atoms with Gasteiger partial charge in [0, 0.05) is 27.3 Å². The van der Waals surface area contributed by atoms with Crippen LogP contribution in [0.5, 0.6) is 0 Å². The average Bonchev–Trinajstić information content (AvgIpc) is 3.75. The van der Waals surface area contributed by atoms with Gasteiger partial charge in [0.25, 0.3) is 0 Å². The first-order valence-corrected chi connectivity index (χ1v) is 20.5. The predicted molar refractivity (Wildman–Crippen MR) is 241 cm³/mol. The van der Waals surface area contributed by atoms with Crippen LogP contribution < -0.4 is 5.32 Å². The monoisotopic (exact) mass is 743 g/mol. The second kappa shape index (κ2) is 12.3. The molecule has 1 aliphatic heterocycles. The zero-order valence-electron chi connectivity index (χ0n) is 32.6. The molecule has 3 heteroatoms. The molecule has 1 atom stereocenters. The summed E-state index contributed by atoms with van der Waals surface area (Å²) in [5, 5.41) is 9.21. The Morgan fingerprint density at radius 1 is 0.603 bits per heavy atom. The van der Waals surface area contributed by atoms with Crippen molar-refractivity contribution in [2.45, 2.75) is 37.3 Å². The van der Waals surface area contributed by atoms with Gasteiger partial charge in [-0.05, 0) is 79.9 Å². The van der Waals surface area contributed by atoms with E-state index in [0.717, 1.165) is 23.5 Å². The Morgan fingerprint density at radius 2 is 1.22 bits per heavy atom. The highest BCUT2D eigenvalue weighted by Crippen LogP contribution is 2.58. The standard InChI is InChI=1S/C55H41N3/c1-54(2)44-29-15-11-26-40(44)50-51(54)56-52(57-53(50)58-47-32-18-14-25-39(47)43-33-35-19-9-10-20-36(35)34-48(43)58)42-28-13-17-31-46-49(42)41-27-12-16-30-45(41)55(46,37-21-5-3-6-22-37)38-23-7-4-8-24-38/h3-12,14-34,53H,13H2,1-2H3,(H,56,57). The van der Waals surface area contributed by atoms with Gasteiger partial charge in [0.2, 0.25) is 0 Å². The van der Waals surface area contributed by atoms with Crippen LogP contribution >= 0.6 is 0 Å². The molecular formula is C55H41N3. The van der Waals surface area contributed by atoms with Gasteiger partial charge in [-0.25, -0.2) is 4.99 Å². The largest absolute Gasteiger partial charge is 0.345 e. The first-order chi connectivity index (χ1) is 28.5. The fourth-order valence-corrected chi connectivity index (χ4v) is 10.8. The first kappa shape index (κ1) is 33.2. The van der Waals surface area contributed by atoms with E-state index in [4.69, 9.17) is 4.99 Å². The van der Waals surface area contributed by atoms with E-state index in [-0.39, 0.29) is 11.6 Å². The second-order valence-electron chi connectivity index (χ2n) is 16.6. The predicted octanol–water partition coefficient (Wildman–Crippen LogP) is 12.8. The summed E-state index contributed by atoms with van der Waals surface area (Å²) in [6.45, 7) is 4.71. The minimum Gasteiger partial charge on any atom is -0.345 e. The molecule has 0 bridgehead atoms. The summed E-state index contributed by atoms with van der Waals surface area (Å²) in [5.74, 6) is 0.916. The van der Waals surface area contributed by atoms with E-state index in [1.807, 2.05) is 0 Å². The Morgan fingerprint density at radius 3 is 1.98 bits per heavy atom. The zero-order valence-corrected chi connectivity index (χ0v) is 32.6. The number of benzene rings is 7. The highest BCUT2D eigenvalue weighted by molar-refractivity contribution is 6.18. The fraction of sp³-hybridized carbons (Fsp3) is 0.109. The molecule has 1 N–H and O–H groups in total. The van der Waals surface area contributed by atoms with Crippen LogP contribution in [0, 0.1) is 0 Å². The topological polar surface area (TPSA) is 29.3 Å². The number of allylic oxidation sites excluding steroid dienone is 5. The maximum absolute atomic E-state index is 5.82. The molecule has 8 aromatic rings. The number of aliphatic imine (C=N–C) groups is 1. The molecule has 276 valence electrons. The van der Waals surface area contributed by atoms with Crippen LogP contribution in [0.4, 0.5) is 0 Å². The number of rotatable bonds is 4. The highest BCUT2D eigenvalue weighted by Gasteiger charge is 2.49. The second-order valence-corrected chi connectivity index (χ2v) is 16.6. The third kappa shape index (κ3) is 4.42. The molecule has 0 spiro atoms. The molecule has 0 fully saturated rings. The van der Waals surface area contributed by atoms with Crippen LogP contribution in [-0.2, 0) is 10.8 Å². The van der Waals surface area contributed by atoms with E-state index in [9.17, 15) is 0 Å². The molecule has 2 heterocycles. The van der Waals surface area contributed by atoms with Crippen molar-refractivity contribution in [1.29, 1.82) is 0 Å². The highest BCUT2D eigenvalue weighted by atomic mass is 15.2. The van der Waals surface area contributed by atoms with E-state index >= 15 is 0 Å². The smallest absolute Gasteiger partial charge is 0.135 e. The molecule has 1 aromatic heterocycles. The van der Waals surface area contributed by atoms with Gasteiger partial charge in [-0.3, -0.25) is 0 Å². The minimum absolute atomic E-state index is 0.222. The maximum Gasteiger partial charge on any atom is 0.135 e. The van der Waals surface area contributed by atoms with Crippen LogP contribution in [0.1, 0.15) is 59.8 Å². The van der Waals surface area contributed by atoms with E-state index in [2.05, 4.69) is 212 Å². The summed E-state index contributed by atoms with van der Waals surface area (Å²) >= 11 is 0. The van der Waals surface area contributed by atoms with Crippen molar-refractivity contribution in [3.05, 3.63) is 238 Å². The molecule has 0 saturated carbocycles. The van der Waals surface area contributed by atoms with Crippen molar-refractivity contribution in [2.24, 2.45) is 4.99 Å². The van der Waals surface area contributed by atoms with Crippen LogP contribution in [0.25, 0.3) is 43.7 Å². The van der Waals surface area contributed by atoms with Gasteiger partial charge in [-0.15, -0.1) is 0 Å². The number of fused-ring (bicyclic) bond motifs is 8. The Hall–Kier alpha value is -6.97. The maximum atomic E-state index is 5.82. The van der Waals surface area contributed by atoms with Crippen LogP contribution in [0.3, 0.4) is 0 Å². The van der Waals surface area contributed by atoms with Crippen LogP contribution in [-0.4, -0.2) is 10.4 Å². The summed E-state index contributed by atoms with van der Waals surface area (Å²) in [6.07, 6.45) is 7.72. The van der Waals surface area contributed by atoms with Gasteiger partial charge in [0.1, 0.15) is 12.0 Å². The van der Waals surface area contributed by atoms with Gasteiger partial charge in [-0.2, -0.15) is 0 Å². The number of nitrogens with one attached hydrogen (secondary N) is 1. The zero-order chi connectivity index (χ0) is 38.6. The molecular weight excluding hydrogens is 703 g/mol. The Balaban J connectivity index is 1.15. The van der Waals surface area contributed by atoms with Crippen LogP contribution in [0.15, 0.2) is 210 Å². The molecule has 0 amide bonds. The van der Waals surface area contributed by atoms with Gasteiger partial charge in [0.05, 0.1) is 22.1 Å². The third-order valence-electron chi connectivity index (χ3n) is 13.3.